The van der Waals surface area contributed by atoms with E-state index in [0.29, 0.717) is 6.04 Å². The summed E-state index contributed by atoms with van der Waals surface area (Å²) < 4.78 is 0. The minimum Gasteiger partial charge on any atom is -0.323 e. The standard InChI is InChI=1S/C13H22N2/c1-9(2)15-8-13(14)12-7-10(3)5-6-11(12)4/h5-7,9,13,15H,8,14H2,1-4H3. The van der Waals surface area contributed by atoms with Crippen LogP contribution in [0, 0.1) is 13.8 Å². The molecule has 0 radical (unpaired) electrons. The predicted octanol–water partition coefficient (Wildman–Crippen LogP) is 2.30. The zero-order chi connectivity index (χ0) is 11.4. The van der Waals surface area contributed by atoms with Gasteiger partial charge < -0.3 is 11.1 Å². The van der Waals surface area contributed by atoms with Crippen molar-refractivity contribution in [1.82, 2.24) is 5.32 Å². The maximum atomic E-state index is 6.15. The van der Waals surface area contributed by atoms with Gasteiger partial charge in [-0.15, -0.1) is 0 Å². The Morgan fingerprint density at radius 3 is 2.53 bits per heavy atom. The summed E-state index contributed by atoms with van der Waals surface area (Å²) in [6.07, 6.45) is 0. The second-order valence-corrected chi connectivity index (χ2v) is 4.53. The van der Waals surface area contributed by atoms with Crippen molar-refractivity contribution < 1.29 is 0 Å². The van der Waals surface area contributed by atoms with Crippen LogP contribution in [0.1, 0.15) is 36.6 Å². The average Bonchev–Trinajstić information content (AvgIpc) is 2.18. The number of benzene rings is 1. The van der Waals surface area contributed by atoms with Crippen molar-refractivity contribution in [3.8, 4) is 0 Å². The highest BCUT2D eigenvalue weighted by Gasteiger charge is 2.09. The third kappa shape index (κ3) is 3.65. The third-order valence-corrected chi connectivity index (χ3v) is 2.58. The number of hydrogen-bond donors (Lipinski definition) is 2. The summed E-state index contributed by atoms with van der Waals surface area (Å²) in [6, 6.07) is 7.03. The van der Waals surface area contributed by atoms with Crippen molar-refractivity contribution in [2.45, 2.75) is 39.8 Å². The molecule has 1 atom stereocenters. The first kappa shape index (κ1) is 12.2. The smallest absolute Gasteiger partial charge is 0.0424 e. The monoisotopic (exact) mass is 206 g/mol. The van der Waals surface area contributed by atoms with Gasteiger partial charge in [0.1, 0.15) is 0 Å². The molecule has 84 valence electrons. The highest BCUT2D eigenvalue weighted by Crippen LogP contribution is 2.16. The highest BCUT2D eigenvalue weighted by atomic mass is 14.9. The summed E-state index contributed by atoms with van der Waals surface area (Å²) in [7, 11) is 0. The van der Waals surface area contributed by atoms with Crippen LogP contribution in [0.25, 0.3) is 0 Å². The van der Waals surface area contributed by atoms with Crippen molar-refractivity contribution in [1.29, 1.82) is 0 Å². The molecule has 0 aliphatic rings. The topological polar surface area (TPSA) is 38.0 Å². The first-order valence-corrected chi connectivity index (χ1v) is 5.57. The molecule has 15 heavy (non-hydrogen) atoms. The van der Waals surface area contributed by atoms with Gasteiger partial charge in [0, 0.05) is 18.6 Å². The van der Waals surface area contributed by atoms with E-state index < -0.39 is 0 Å². The normalized spacial score (nSPS) is 13.2. The van der Waals surface area contributed by atoms with Gasteiger partial charge in [-0.2, -0.15) is 0 Å². The minimum atomic E-state index is 0.0901. The summed E-state index contributed by atoms with van der Waals surface area (Å²) >= 11 is 0. The summed E-state index contributed by atoms with van der Waals surface area (Å²) in [5.74, 6) is 0. The van der Waals surface area contributed by atoms with Gasteiger partial charge in [0.05, 0.1) is 0 Å². The lowest BCUT2D eigenvalue weighted by Gasteiger charge is -2.17. The molecule has 0 aliphatic heterocycles. The molecule has 0 heterocycles. The fourth-order valence-corrected chi connectivity index (χ4v) is 1.63. The molecule has 0 spiro atoms. The van der Waals surface area contributed by atoms with Crippen LogP contribution >= 0.6 is 0 Å². The third-order valence-electron chi connectivity index (χ3n) is 2.58. The number of rotatable bonds is 4. The van der Waals surface area contributed by atoms with E-state index in [4.69, 9.17) is 5.73 Å². The van der Waals surface area contributed by atoms with Crippen molar-refractivity contribution in [2.75, 3.05) is 6.54 Å². The number of nitrogens with one attached hydrogen (secondary N) is 1. The Hall–Kier alpha value is -0.860. The van der Waals surface area contributed by atoms with Crippen LogP contribution in [0.4, 0.5) is 0 Å². The van der Waals surface area contributed by atoms with Crippen molar-refractivity contribution in [2.24, 2.45) is 5.73 Å². The Labute approximate surface area is 92.9 Å². The van der Waals surface area contributed by atoms with Gasteiger partial charge in [0.15, 0.2) is 0 Å². The van der Waals surface area contributed by atoms with Gasteiger partial charge in [0.2, 0.25) is 0 Å². The molecule has 0 aromatic heterocycles. The minimum absolute atomic E-state index is 0.0901. The van der Waals surface area contributed by atoms with Gasteiger partial charge in [-0.3, -0.25) is 0 Å². The molecular weight excluding hydrogens is 184 g/mol. The molecule has 0 amide bonds. The summed E-state index contributed by atoms with van der Waals surface area (Å²) in [4.78, 5) is 0. The van der Waals surface area contributed by atoms with Crippen LogP contribution < -0.4 is 11.1 Å². The van der Waals surface area contributed by atoms with E-state index in [2.05, 4.69) is 51.2 Å². The van der Waals surface area contributed by atoms with Crippen molar-refractivity contribution in [3.63, 3.8) is 0 Å². The molecule has 1 rings (SSSR count). The molecule has 0 fully saturated rings. The number of hydrogen-bond acceptors (Lipinski definition) is 2. The Morgan fingerprint density at radius 1 is 1.27 bits per heavy atom. The lowest BCUT2D eigenvalue weighted by Crippen LogP contribution is -2.32. The van der Waals surface area contributed by atoms with Crippen molar-refractivity contribution >= 4 is 0 Å². The molecule has 2 nitrogen and oxygen atoms in total. The zero-order valence-electron chi connectivity index (χ0n) is 10.2. The molecular formula is C13H22N2. The van der Waals surface area contributed by atoms with Crippen LogP contribution in [-0.4, -0.2) is 12.6 Å². The van der Waals surface area contributed by atoms with E-state index in [9.17, 15) is 0 Å². The summed E-state index contributed by atoms with van der Waals surface area (Å²) in [5.41, 5.74) is 9.95. The molecule has 0 saturated carbocycles. The first-order chi connectivity index (χ1) is 7.00. The molecule has 1 aromatic carbocycles. The maximum Gasteiger partial charge on any atom is 0.0424 e. The van der Waals surface area contributed by atoms with E-state index in [0.717, 1.165) is 6.54 Å². The highest BCUT2D eigenvalue weighted by molar-refractivity contribution is 5.32. The SMILES string of the molecule is Cc1ccc(C)c(C(N)CNC(C)C)c1. The maximum absolute atomic E-state index is 6.15. The quantitative estimate of drug-likeness (QED) is 0.793. The Kier molecular flexibility index (Phi) is 4.30. The van der Waals surface area contributed by atoms with Gasteiger partial charge in [-0.25, -0.2) is 0 Å². The number of aryl methyl sites for hydroxylation is 2. The zero-order valence-corrected chi connectivity index (χ0v) is 10.2. The fourth-order valence-electron chi connectivity index (χ4n) is 1.63. The van der Waals surface area contributed by atoms with E-state index in [1.807, 2.05) is 0 Å². The van der Waals surface area contributed by atoms with E-state index >= 15 is 0 Å². The molecule has 0 saturated heterocycles. The van der Waals surface area contributed by atoms with Crippen LogP contribution in [0.2, 0.25) is 0 Å². The summed E-state index contributed by atoms with van der Waals surface area (Å²) in [5, 5.41) is 3.37. The number of nitrogens with two attached hydrogens (primary N) is 1. The molecule has 3 N–H and O–H groups in total. The molecule has 2 heteroatoms. The van der Waals surface area contributed by atoms with Crippen LogP contribution in [-0.2, 0) is 0 Å². The summed E-state index contributed by atoms with van der Waals surface area (Å²) in [6.45, 7) is 9.32. The first-order valence-electron chi connectivity index (χ1n) is 5.57. The predicted molar refractivity (Wildman–Crippen MR) is 66.0 cm³/mol. The lowest BCUT2D eigenvalue weighted by atomic mass is 9.99. The average molecular weight is 206 g/mol. The second kappa shape index (κ2) is 5.29. The van der Waals surface area contributed by atoms with Crippen molar-refractivity contribution in [3.05, 3.63) is 34.9 Å². The molecule has 1 unspecified atom stereocenters. The van der Waals surface area contributed by atoms with E-state index in [-0.39, 0.29) is 6.04 Å². The molecule has 0 aliphatic carbocycles. The Bertz CT molecular complexity index is 318. The molecule has 1 aromatic rings. The Balaban J connectivity index is 2.72. The van der Waals surface area contributed by atoms with E-state index in [1.54, 1.807) is 0 Å². The van der Waals surface area contributed by atoms with Gasteiger partial charge in [-0.1, -0.05) is 37.6 Å². The Morgan fingerprint density at radius 2 is 1.93 bits per heavy atom. The fraction of sp³-hybridized carbons (Fsp3) is 0.538. The lowest BCUT2D eigenvalue weighted by molar-refractivity contribution is 0.536. The van der Waals surface area contributed by atoms with Crippen LogP contribution in [0.3, 0.4) is 0 Å². The van der Waals surface area contributed by atoms with E-state index in [1.165, 1.54) is 16.7 Å². The van der Waals surface area contributed by atoms with Crippen LogP contribution in [0.15, 0.2) is 18.2 Å². The van der Waals surface area contributed by atoms with Gasteiger partial charge in [0.25, 0.3) is 0 Å². The molecule has 0 bridgehead atoms. The van der Waals surface area contributed by atoms with Gasteiger partial charge >= 0.3 is 0 Å². The largest absolute Gasteiger partial charge is 0.323 e. The van der Waals surface area contributed by atoms with Gasteiger partial charge in [-0.05, 0) is 25.0 Å². The second-order valence-electron chi connectivity index (χ2n) is 4.53. The van der Waals surface area contributed by atoms with Crippen LogP contribution in [0.5, 0.6) is 0 Å².